The molecule has 0 atom stereocenters. The predicted octanol–water partition coefficient (Wildman–Crippen LogP) is 5.76. The number of carbonyl (C=O) groups is 1. The largest absolute Gasteiger partial charge is 0.494 e. The van der Waals surface area contributed by atoms with Gasteiger partial charge in [-0.3, -0.25) is 9.10 Å². The van der Waals surface area contributed by atoms with Crippen molar-refractivity contribution >= 4 is 27.8 Å². The van der Waals surface area contributed by atoms with E-state index < -0.39 is 22.5 Å². The summed E-state index contributed by atoms with van der Waals surface area (Å²) >= 11 is 0. The Hall–Kier alpha value is -4.37. The van der Waals surface area contributed by atoms with Gasteiger partial charge in [0.2, 0.25) is 0 Å². The second-order valence-corrected chi connectivity index (χ2v) is 11.8. The third-order valence-corrected chi connectivity index (χ3v) is 8.73. The lowest BCUT2D eigenvalue weighted by molar-refractivity contribution is -0.119. The molecule has 1 heterocycles. The molecule has 0 aliphatic heterocycles. The summed E-state index contributed by atoms with van der Waals surface area (Å²) in [6, 6.07) is 21.4. The standard InChI is InChI=1S/C32H36N4O4S/c1-7-40-30-14-16-31(17-15-30)41(38,39)35(28-11-8-22(2)9-12-28)21-32(37)34-33-20-27-19-25(5)36(26(27)6)29-13-10-23(3)24(4)18-29/h8-20H,7,21H2,1-6H3,(H,34,37)/b33-20-. The first-order valence-electron chi connectivity index (χ1n) is 13.4. The molecular formula is C32H36N4O4S. The van der Waals surface area contributed by atoms with Crippen LogP contribution in [-0.4, -0.2) is 38.3 Å². The van der Waals surface area contributed by atoms with Crippen molar-refractivity contribution in [2.75, 3.05) is 17.5 Å². The van der Waals surface area contributed by atoms with Crippen LogP contribution in [0.1, 0.15) is 40.6 Å². The van der Waals surface area contributed by atoms with Gasteiger partial charge in [-0.25, -0.2) is 13.8 Å². The van der Waals surface area contributed by atoms with Crippen molar-refractivity contribution in [1.29, 1.82) is 0 Å². The Balaban J connectivity index is 1.55. The predicted molar refractivity (Wildman–Crippen MR) is 164 cm³/mol. The van der Waals surface area contributed by atoms with E-state index in [9.17, 15) is 13.2 Å². The zero-order chi connectivity index (χ0) is 29.7. The van der Waals surface area contributed by atoms with Crippen LogP contribution < -0.4 is 14.5 Å². The third kappa shape index (κ3) is 6.69. The van der Waals surface area contributed by atoms with Gasteiger partial charge in [0.25, 0.3) is 15.9 Å². The first kappa shape index (κ1) is 29.6. The number of hydrogen-bond donors (Lipinski definition) is 1. The van der Waals surface area contributed by atoms with Crippen LogP contribution in [0.25, 0.3) is 5.69 Å². The van der Waals surface area contributed by atoms with E-state index in [1.807, 2.05) is 33.8 Å². The van der Waals surface area contributed by atoms with E-state index in [4.69, 9.17) is 4.74 Å². The maximum atomic E-state index is 13.6. The molecule has 0 fully saturated rings. The molecule has 3 aromatic carbocycles. The first-order chi connectivity index (χ1) is 19.5. The van der Waals surface area contributed by atoms with Crippen molar-refractivity contribution in [2.45, 2.75) is 46.4 Å². The molecule has 1 aromatic heterocycles. The number of carbonyl (C=O) groups excluding carboxylic acids is 1. The van der Waals surface area contributed by atoms with Gasteiger partial charge < -0.3 is 9.30 Å². The minimum Gasteiger partial charge on any atom is -0.494 e. The molecule has 8 nitrogen and oxygen atoms in total. The zero-order valence-corrected chi connectivity index (χ0v) is 25.1. The molecule has 214 valence electrons. The molecular weight excluding hydrogens is 536 g/mol. The van der Waals surface area contributed by atoms with Gasteiger partial charge in [0.05, 0.1) is 23.4 Å². The van der Waals surface area contributed by atoms with Crippen molar-refractivity contribution in [2.24, 2.45) is 5.10 Å². The Bertz CT molecular complexity index is 1670. The highest BCUT2D eigenvalue weighted by Crippen LogP contribution is 2.26. The number of sulfonamides is 1. The van der Waals surface area contributed by atoms with E-state index in [1.54, 1.807) is 42.6 Å². The van der Waals surface area contributed by atoms with Crippen molar-refractivity contribution in [3.05, 3.63) is 106 Å². The lowest BCUT2D eigenvalue weighted by atomic mass is 10.1. The van der Waals surface area contributed by atoms with Crippen LogP contribution in [0.4, 0.5) is 5.69 Å². The Morgan fingerprint density at radius 1 is 0.927 bits per heavy atom. The highest BCUT2D eigenvalue weighted by molar-refractivity contribution is 7.92. The molecule has 0 unspecified atom stereocenters. The van der Waals surface area contributed by atoms with Gasteiger partial charge in [0, 0.05) is 22.6 Å². The molecule has 1 N–H and O–H groups in total. The van der Waals surface area contributed by atoms with Gasteiger partial charge in [-0.05, 0) is 107 Å². The lowest BCUT2D eigenvalue weighted by Crippen LogP contribution is -2.39. The topological polar surface area (TPSA) is 93.0 Å². The minimum atomic E-state index is -4.06. The Morgan fingerprint density at radius 2 is 1.61 bits per heavy atom. The van der Waals surface area contributed by atoms with Gasteiger partial charge >= 0.3 is 0 Å². The zero-order valence-electron chi connectivity index (χ0n) is 24.3. The monoisotopic (exact) mass is 572 g/mol. The van der Waals surface area contributed by atoms with E-state index >= 15 is 0 Å². The van der Waals surface area contributed by atoms with Crippen molar-refractivity contribution < 1.29 is 17.9 Å². The maximum Gasteiger partial charge on any atom is 0.264 e. The fourth-order valence-electron chi connectivity index (χ4n) is 4.55. The van der Waals surface area contributed by atoms with Gasteiger partial charge in [-0.15, -0.1) is 0 Å². The molecule has 0 aliphatic rings. The quantitative estimate of drug-likeness (QED) is 0.193. The number of hydrogen-bond acceptors (Lipinski definition) is 5. The van der Waals surface area contributed by atoms with Gasteiger partial charge in [0.1, 0.15) is 12.3 Å². The number of amides is 1. The van der Waals surface area contributed by atoms with Crippen LogP contribution in [0.5, 0.6) is 5.75 Å². The summed E-state index contributed by atoms with van der Waals surface area (Å²) in [4.78, 5) is 13.0. The van der Waals surface area contributed by atoms with Crippen LogP contribution in [0.2, 0.25) is 0 Å². The molecule has 0 saturated carbocycles. The fraction of sp³-hybridized carbons (Fsp3) is 0.250. The van der Waals surface area contributed by atoms with E-state index in [-0.39, 0.29) is 4.90 Å². The van der Waals surface area contributed by atoms with Gasteiger partial charge in [-0.2, -0.15) is 5.10 Å². The molecule has 4 rings (SSSR count). The molecule has 0 bridgehead atoms. The van der Waals surface area contributed by atoms with Crippen molar-refractivity contribution in [3.8, 4) is 11.4 Å². The third-order valence-electron chi connectivity index (χ3n) is 6.94. The summed E-state index contributed by atoms with van der Waals surface area (Å²) in [5.74, 6) is -0.00315. The molecule has 9 heteroatoms. The molecule has 0 saturated heterocycles. The van der Waals surface area contributed by atoms with E-state index in [1.165, 1.54) is 23.3 Å². The number of nitrogens with zero attached hydrogens (tertiary/aromatic N) is 3. The maximum absolute atomic E-state index is 13.6. The molecule has 0 spiro atoms. The average Bonchev–Trinajstić information content (AvgIpc) is 3.22. The lowest BCUT2D eigenvalue weighted by Gasteiger charge is -2.24. The number of aromatic nitrogens is 1. The average molecular weight is 573 g/mol. The smallest absolute Gasteiger partial charge is 0.264 e. The summed E-state index contributed by atoms with van der Waals surface area (Å²) in [5, 5.41) is 4.15. The van der Waals surface area contributed by atoms with Gasteiger partial charge in [0.15, 0.2) is 0 Å². The minimum absolute atomic E-state index is 0.0524. The number of rotatable bonds is 10. The van der Waals surface area contributed by atoms with Crippen LogP contribution in [0.15, 0.2) is 82.8 Å². The van der Waals surface area contributed by atoms with Crippen LogP contribution in [0.3, 0.4) is 0 Å². The summed E-state index contributed by atoms with van der Waals surface area (Å²) < 4.78 is 36.0. The Labute approximate surface area is 242 Å². The fourth-order valence-corrected chi connectivity index (χ4v) is 5.97. The summed E-state index contributed by atoms with van der Waals surface area (Å²) in [6.07, 6.45) is 1.58. The molecule has 4 aromatic rings. The summed E-state index contributed by atoms with van der Waals surface area (Å²) in [6.45, 7) is 12.0. The van der Waals surface area contributed by atoms with E-state index in [0.717, 1.165) is 32.5 Å². The van der Waals surface area contributed by atoms with Crippen LogP contribution in [-0.2, 0) is 14.8 Å². The second kappa shape index (κ2) is 12.4. The molecule has 1 amide bonds. The summed E-state index contributed by atoms with van der Waals surface area (Å²) in [7, 11) is -4.06. The normalized spacial score (nSPS) is 11.6. The van der Waals surface area contributed by atoms with Crippen molar-refractivity contribution in [1.82, 2.24) is 9.99 Å². The van der Waals surface area contributed by atoms with Gasteiger partial charge in [-0.1, -0.05) is 23.8 Å². The van der Waals surface area contributed by atoms with E-state index in [0.29, 0.717) is 18.0 Å². The summed E-state index contributed by atoms with van der Waals surface area (Å²) in [5.41, 5.74) is 10.2. The number of hydrazone groups is 1. The number of anilines is 1. The molecule has 0 radical (unpaired) electrons. The molecule has 0 aliphatic carbocycles. The van der Waals surface area contributed by atoms with Crippen LogP contribution >= 0.6 is 0 Å². The highest BCUT2D eigenvalue weighted by Gasteiger charge is 2.27. The Morgan fingerprint density at radius 3 is 2.24 bits per heavy atom. The number of ether oxygens (including phenoxy) is 1. The first-order valence-corrected chi connectivity index (χ1v) is 14.9. The Kier molecular flexibility index (Phi) is 8.98. The van der Waals surface area contributed by atoms with E-state index in [2.05, 4.69) is 47.1 Å². The number of nitrogens with one attached hydrogen (secondary N) is 1. The number of benzene rings is 3. The number of aryl methyl sites for hydroxylation is 4. The highest BCUT2D eigenvalue weighted by atomic mass is 32.2. The van der Waals surface area contributed by atoms with Crippen LogP contribution in [0, 0.1) is 34.6 Å². The molecule has 41 heavy (non-hydrogen) atoms. The second-order valence-electron chi connectivity index (χ2n) is 9.98. The SMILES string of the molecule is CCOc1ccc(S(=O)(=O)N(CC(=O)N/N=C\c2cc(C)n(-c3ccc(C)c(C)c3)c2C)c2ccc(C)cc2)cc1. The van der Waals surface area contributed by atoms with Crippen molar-refractivity contribution in [3.63, 3.8) is 0 Å².